The standard InChI is InChI=1S/C18H29N3O2/c1-7-21(8-2)15-11-9-14(10-12-15)20-16(22)13(3)19-17(23)18(4,5)6/h9-13H,7-8H2,1-6H3,(H,19,23)(H,20,22)/t13-/m0/s1. The molecule has 1 atom stereocenters. The van der Waals surface area contributed by atoms with Crippen LogP contribution >= 0.6 is 0 Å². The van der Waals surface area contributed by atoms with Gasteiger partial charge in [-0.25, -0.2) is 0 Å². The molecule has 23 heavy (non-hydrogen) atoms. The van der Waals surface area contributed by atoms with Gasteiger partial charge in [-0.15, -0.1) is 0 Å². The van der Waals surface area contributed by atoms with Crippen LogP contribution in [0.15, 0.2) is 24.3 Å². The van der Waals surface area contributed by atoms with E-state index >= 15 is 0 Å². The summed E-state index contributed by atoms with van der Waals surface area (Å²) in [7, 11) is 0. The highest BCUT2D eigenvalue weighted by molar-refractivity contribution is 5.97. The van der Waals surface area contributed by atoms with Crippen molar-refractivity contribution >= 4 is 23.2 Å². The fraction of sp³-hybridized carbons (Fsp3) is 0.556. The molecule has 0 radical (unpaired) electrons. The molecule has 0 aliphatic heterocycles. The molecule has 0 aliphatic rings. The minimum atomic E-state index is -0.579. The maximum absolute atomic E-state index is 12.2. The molecule has 1 aromatic carbocycles. The van der Waals surface area contributed by atoms with Crippen LogP contribution < -0.4 is 15.5 Å². The third-order valence-corrected chi connectivity index (χ3v) is 3.69. The number of benzene rings is 1. The SMILES string of the molecule is CCN(CC)c1ccc(NC(=O)[C@H](C)NC(=O)C(C)(C)C)cc1. The number of nitrogens with one attached hydrogen (secondary N) is 2. The van der Waals surface area contributed by atoms with Gasteiger partial charge in [-0.1, -0.05) is 20.8 Å². The Morgan fingerprint density at radius 2 is 1.61 bits per heavy atom. The molecule has 0 fully saturated rings. The average molecular weight is 319 g/mol. The second kappa shape index (κ2) is 7.99. The zero-order valence-electron chi connectivity index (χ0n) is 15.1. The molecule has 0 aliphatic carbocycles. The highest BCUT2D eigenvalue weighted by Gasteiger charge is 2.25. The van der Waals surface area contributed by atoms with E-state index in [1.807, 2.05) is 45.0 Å². The van der Waals surface area contributed by atoms with Crippen LogP contribution in [0.2, 0.25) is 0 Å². The van der Waals surface area contributed by atoms with Gasteiger partial charge in [0.15, 0.2) is 0 Å². The number of carbonyl (C=O) groups is 2. The van der Waals surface area contributed by atoms with Gasteiger partial charge in [0.2, 0.25) is 11.8 Å². The van der Waals surface area contributed by atoms with E-state index in [-0.39, 0.29) is 11.8 Å². The van der Waals surface area contributed by atoms with E-state index in [0.29, 0.717) is 0 Å². The summed E-state index contributed by atoms with van der Waals surface area (Å²) in [5, 5.41) is 5.56. The van der Waals surface area contributed by atoms with E-state index in [1.165, 1.54) is 0 Å². The van der Waals surface area contributed by atoms with Gasteiger partial charge in [0.25, 0.3) is 0 Å². The molecular formula is C18H29N3O2. The first-order valence-corrected chi connectivity index (χ1v) is 8.15. The van der Waals surface area contributed by atoms with Crippen LogP contribution in [0.1, 0.15) is 41.5 Å². The van der Waals surface area contributed by atoms with Crippen LogP contribution in [0, 0.1) is 5.41 Å². The number of hydrogen-bond acceptors (Lipinski definition) is 3. The van der Waals surface area contributed by atoms with Gasteiger partial charge >= 0.3 is 0 Å². The lowest BCUT2D eigenvalue weighted by atomic mass is 9.95. The van der Waals surface area contributed by atoms with E-state index in [4.69, 9.17) is 0 Å². The Balaban J connectivity index is 2.65. The molecule has 128 valence electrons. The molecule has 2 N–H and O–H groups in total. The van der Waals surface area contributed by atoms with Crippen LogP contribution in [0.3, 0.4) is 0 Å². The molecule has 5 heteroatoms. The third-order valence-electron chi connectivity index (χ3n) is 3.69. The molecule has 0 spiro atoms. The van der Waals surface area contributed by atoms with Gasteiger partial charge in [-0.3, -0.25) is 9.59 Å². The second-order valence-electron chi connectivity index (χ2n) is 6.65. The van der Waals surface area contributed by atoms with E-state index in [1.54, 1.807) is 6.92 Å². The summed E-state index contributed by atoms with van der Waals surface area (Å²) in [5.41, 5.74) is 1.34. The number of rotatable bonds is 6. The van der Waals surface area contributed by atoms with Crippen molar-refractivity contribution in [2.24, 2.45) is 5.41 Å². The summed E-state index contributed by atoms with van der Waals surface area (Å²) in [6, 6.07) is 7.15. The number of amides is 2. The van der Waals surface area contributed by atoms with Gasteiger partial charge in [-0.2, -0.15) is 0 Å². The number of anilines is 2. The Labute approximate surface area is 139 Å². The first-order valence-electron chi connectivity index (χ1n) is 8.15. The largest absolute Gasteiger partial charge is 0.372 e. The quantitative estimate of drug-likeness (QED) is 0.847. The fourth-order valence-electron chi connectivity index (χ4n) is 2.07. The summed E-state index contributed by atoms with van der Waals surface area (Å²) in [5.74, 6) is -0.366. The normalized spacial score (nSPS) is 12.4. The lowest BCUT2D eigenvalue weighted by Gasteiger charge is -2.22. The predicted molar refractivity (Wildman–Crippen MR) is 95.7 cm³/mol. The molecule has 1 rings (SSSR count). The molecular weight excluding hydrogens is 290 g/mol. The molecule has 1 aromatic rings. The van der Waals surface area contributed by atoms with E-state index in [2.05, 4.69) is 29.4 Å². The molecule has 0 bridgehead atoms. The van der Waals surface area contributed by atoms with Crippen LogP contribution in [-0.2, 0) is 9.59 Å². The van der Waals surface area contributed by atoms with Gasteiger partial charge < -0.3 is 15.5 Å². The number of carbonyl (C=O) groups excluding carboxylic acids is 2. The van der Waals surface area contributed by atoms with Gasteiger partial charge in [0.05, 0.1) is 0 Å². The number of nitrogens with zero attached hydrogens (tertiary/aromatic N) is 1. The summed E-state index contributed by atoms with van der Waals surface area (Å²) in [6.07, 6.45) is 0. The summed E-state index contributed by atoms with van der Waals surface area (Å²) in [6.45, 7) is 13.2. The fourth-order valence-corrected chi connectivity index (χ4v) is 2.07. The zero-order valence-corrected chi connectivity index (χ0v) is 15.1. The second-order valence-corrected chi connectivity index (χ2v) is 6.65. The van der Waals surface area contributed by atoms with Gasteiger partial charge in [-0.05, 0) is 45.0 Å². The zero-order chi connectivity index (χ0) is 17.6. The van der Waals surface area contributed by atoms with Crippen molar-refractivity contribution in [1.29, 1.82) is 0 Å². The van der Waals surface area contributed by atoms with Crippen molar-refractivity contribution in [3.8, 4) is 0 Å². The molecule has 5 nitrogen and oxygen atoms in total. The van der Waals surface area contributed by atoms with Crippen molar-refractivity contribution in [2.75, 3.05) is 23.3 Å². The summed E-state index contributed by atoms with van der Waals surface area (Å²) in [4.78, 5) is 26.3. The molecule has 0 unspecified atom stereocenters. The van der Waals surface area contributed by atoms with E-state index in [0.717, 1.165) is 24.5 Å². The third kappa shape index (κ3) is 5.58. The minimum Gasteiger partial charge on any atom is -0.372 e. The molecule has 0 aromatic heterocycles. The monoisotopic (exact) mass is 319 g/mol. The molecule has 2 amide bonds. The van der Waals surface area contributed by atoms with Crippen LogP contribution in [0.25, 0.3) is 0 Å². The Hall–Kier alpha value is -2.04. The highest BCUT2D eigenvalue weighted by Crippen LogP contribution is 2.18. The Bertz CT molecular complexity index is 528. The van der Waals surface area contributed by atoms with Crippen molar-refractivity contribution in [3.05, 3.63) is 24.3 Å². The predicted octanol–water partition coefficient (Wildman–Crippen LogP) is 3.02. The van der Waals surface area contributed by atoms with Crippen LogP contribution in [0.4, 0.5) is 11.4 Å². The average Bonchev–Trinajstić information content (AvgIpc) is 2.49. The van der Waals surface area contributed by atoms with Crippen LogP contribution in [0.5, 0.6) is 0 Å². The molecule has 0 saturated heterocycles. The van der Waals surface area contributed by atoms with Crippen molar-refractivity contribution in [1.82, 2.24) is 5.32 Å². The Morgan fingerprint density at radius 1 is 1.09 bits per heavy atom. The van der Waals surface area contributed by atoms with Crippen LogP contribution in [-0.4, -0.2) is 30.9 Å². The Morgan fingerprint density at radius 3 is 2.04 bits per heavy atom. The highest BCUT2D eigenvalue weighted by atomic mass is 16.2. The minimum absolute atomic E-state index is 0.142. The maximum Gasteiger partial charge on any atom is 0.246 e. The lowest BCUT2D eigenvalue weighted by Crippen LogP contribution is -2.46. The Kier molecular flexibility index (Phi) is 6.61. The van der Waals surface area contributed by atoms with Crippen molar-refractivity contribution in [2.45, 2.75) is 47.6 Å². The van der Waals surface area contributed by atoms with E-state index < -0.39 is 11.5 Å². The first kappa shape index (κ1) is 19.0. The number of hydrogen-bond donors (Lipinski definition) is 2. The van der Waals surface area contributed by atoms with Gasteiger partial charge in [0.1, 0.15) is 6.04 Å². The topological polar surface area (TPSA) is 61.4 Å². The maximum atomic E-state index is 12.2. The first-order chi connectivity index (χ1) is 10.7. The smallest absolute Gasteiger partial charge is 0.246 e. The van der Waals surface area contributed by atoms with Crippen molar-refractivity contribution in [3.63, 3.8) is 0 Å². The molecule has 0 heterocycles. The lowest BCUT2D eigenvalue weighted by molar-refractivity contribution is -0.131. The van der Waals surface area contributed by atoms with Gasteiger partial charge in [0, 0.05) is 29.9 Å². The van der Waals surface area contributed by atoms with Crippen molar-refractivity contribution < 1.29 is 9.59 Å². The van der Waals surface area contributed by atoms with E-state index in [9.17, 15) is 9.59 Å². The summed E-state index contributed by atoms with van der Waals surface area (Å²) < 4.78 is 0. The molecule has 0 saturated carbocycles. The summed E-state index contributed by atoms with van der Waals surface area (Å²) >= 11 is 0.